The molecule has 3 heterocycles. The lowest BCUT2D eigenvalue weighted by Crippen LogP contribution is -2.42. The Morgan fingerprint density at radius 1 is 1.10 bits per heavy atom. The largest absolute Gasteiger partial charge is 0.501 e. The summed E-state index contributed by atoms with van der Waals surface area (Å²) in [5, 5.41) is 4.71. The van der Waals surface area contributed by atoms with Crippen LogP contribution in [0.1, 0.15) is 59.2 Å². The molecule has 13 heteroatoms. The summed E-state index contributed by atoms with van der Waals surface area (Å²) in [5.41, 5.74) is 8.36. The third-order valence-corrected chi connectivity index (χ3v) is 8.47. The van der Waals surface area contributed by atoms with Crippen LogP contribution in [0.4, 0.5) is 0 Å². The van der Waals surface area contributed by atoms with Gasteiger partial charge in [-0.1, -0.05) is 61.8 Å². The van der Waals surface area contributed by atoms with Crippen LogP contribution in [0.2, 0.25) is 5.02 Å². The molecular weight excluding hydrogens is 582 g/mol. The van der Waals surface area contributed by atoms with E-state index in [0.717, 1.165) is 5.56 Å². The molecule has 1 aliphatic heterocycles. The van der Waals surface area contributed by atoms with E-state index in [4.69, 9.17) is 25.7 Å². The van der Waals surface area contributed by atoms with E-state index in [1.165, 1.54) is 10.6 Å². The minimum absolute atomic E-state index is 0.0235. The summed E-state index contributed by atoms with van der Waals surface area (Å²) in [4.78, 5) is 29.9. The lowest BCUT2D eigenvalue weighted by atomic mass is 9.96. The molecule has 0 bridgehead atoms. The van der Waals surface area contributed by atoms with Gasteiger partial charge in [-0.05, 0) is 56.0 Å². The minimum Gasteiger partial charge on any atom is -0.348 e. The Kier molecular flexibility index (Phi) is 8.06. The van der Waals surface area contributed by atoms with Crippen LogP contribution >= 0.6 is 11.6 Å². The quantitative estimate of drug-likeness (QED) is 0.299. The highest BCUT2D eigenvalue weighted by Gasteiger charge is 2.38. The van der Waals surface area contributed by atoms with Crippen LogP contribution in [0.25, 0.3) is 5.52 Å². The Hall–Kier alpha value is -3.87. The van der Waals surface area contributed by atoms with Crippen LogP contribution in [0.3, 0.4) is 0 Å². The standard InChI is InChI=1S/C29H32ClN5O6S/c1-17(2)25(33(14-8-13-31)28(36)21-12-11-18(3)26-27(21)41-42(38,39)40-26)23-15-22-24(30)19(4)32-35(22)29(37)34(23)16-20-9-6-5-7-10-20/h5-7,9-12,15,17,25H,8,13-14,16,31H2,1-4H3/t25-/m0/s1. The first-order valence-electron chi connectivity index (χ1n) is 13.5. The van der Waals surface area contributed by atoms with Crippen LogP contribution in [0.15, 0.2) is 53.3 Å². The summed E-state index contributed by atoms with van der Waals surface area (Å²) < 4.78 is 37.4. The Morgan fingerprint density at radius 2 is 1.79 bits per heavy atom. The molecule has 1 aliphatic rings. The van der Waals surface area contributed by atoms with Crippen LogP contribution in [-0.2, 0) is 16.9 Å². The van der Waals surface area contributed by atoms with Crippen molar-refractivity contribution in [1.82, 2.24) is 19.1 Å². The molecule has 2 aromatic heterocycles. The molecule has 0 aliphatic carbocycles. The number of rotatable bonds is 9. The first-order valence-corrected chi connectivity index (χ1v) is 15.3. The van der Waals surface area contributed by atoms with E-state index in [2.05, 4.69) is 5.10 Å². The average Bonchev–Trinajstić information content (AvgIpc) is 3.43. The number of aryl methyl sites for hydroxylation is 2. The molecule has 1 amide bonds. The van der Waals surface area contributed by atoms with E-state index in [9.17, 15) is 18.0 Å². The van der Waals surface area contributed by atoms with Crippen molar-refractivity contribution in [2.24, 2.45) is 11.7 Å². The summed E-state index contributed by atoms with van der Waals surface area (Å²) in [6.45, 7) is 8.03. The number of nitrogens with two attached hydrogens (primary N) is 1. The van der Waals surface area contributed by atoms with E-state index in [1.807, 2.05) is 44.2 Å². The fraction of sp³-hybridized carbons (Fsp3) is 0.345. The van der Waals surface area contributed by atoms with Gasteiger partial charge in [0.2, 0.25) is 5.75 Å². The van der Waals surface area contributed by atoms with E-state index in [1.54, 1.807) is 35.4 Å². The van der Waals surface area contributed by atoms with Gasteiger partial charge in [-0.15, -0.1) is 8.42 Å². The third kappa shape index (κ3) is 5.37. The fourth-order valence-corrected chi connectivity index (χ4v) is 6.28. The highest BCUT2D eigenvalue weighted by Crippen LogP contribution is 2.43. The zero-order valence-electron chi connectivity index (χ0n) is 23.7. The number of carbonyl (C=O) groups excluding carboxylic acids is 1. The van der Waals surface area contributed by atoms with E-state index >= 15 is 0 Å². The average molecular weight is 614 g/mol. The highest BCUT2D eigenvalue weighted by atomic mass is 35.5. The molecule has 11 nitrogen and oxygen atoms in total. The molecule has 0 saturated carbocycles. The second-order valence-electron chi connectivity index (χ2n) is 10.6. The van der Waals surface area contributed by atoms with Gasteiger partial charge in [0.05, 0.1) is 34.4 Å². The van der Waals surface area contributed by atoms with Crippen LogP contribution in [0.5, 0.6) is 11.5 Å². The van der Waals surface area contributed by atoms with E-state index in [0.29, 0.717) is 40.5 Å². The van der Waals surface area contributed by atoms with Crippen molar-refractivity contribution in [3.8, 4) is 11.5 Å². The number of fused-ring (bicyclic) bond motifs is 2. The predicted octanol–water partition coefficient (Wildman–Crippen LogP) is 4.02. The molecule has 0 unspecified atom stereocenters. The number of hydrogen-bond acceptors (Lipinski definition) is 8. The van der Waals surface area contributed by atoms with Gasteiger partial charge in [0.1, 0.15) is 0 Å². The summed E-state index contributed by atoms with van der Waals surface area (Å²) in [7, 11) is -4.35. The van der Waals surface area contributed by atoms with Gasteiger partial charge < -0.3 is 19.0 Å². The number of hydrogen-bond donors (Lipinski definition) is 1. The fourth-order valence-electron chi connectivity index (χ4n) is 5.29. The van der Waals surface area contributed by atoms with Gasteiger partial charge >= 0.3 is 16.1 Å². The lowest BCUT2D eigenvalue weighted by Gasteiger charge is -2.36. The van der Waals surface area contributed by atoms with Crippen LogP contribution in [-0.4, -0.2) is 46.5 Å². The Morgan fingerprint density at radius 3 is 2.45 bits per heavy atom. The maximum absolute atomic E-state index is 14.4. The molecule has 0 radical (unpaired) electrons. The first-order chi connectivity index (χ1) is 19.9. The van der Waals surface area contributed by atoms with E-state index in [-0.39, 0.29) is 36.1 Å². The van der Waals surface area contributed by atoms with Crippen molar-refractivity contribution >= 4 is 33.4 Å². The van der Waals surface area contributed by atoms with Gasteiger partial charge in [-0.25, -0.2) is 4.79 Å². The van der Waals surface area contributed by atoms with Crippen molar-refractivity contribution in [2.45, 2.75) is 46.7 Å². The Balaban J connectivity index is 1.72. The second-order valence-corrected chi connectivity index (χ2v) is 12.1. The number of halogens is 1. The maximum Gasteiger partial charge on any atom is 0.501 e. The highest BCUT2D eigenvalue weighted by molar-refractivity contribution is 7.82. The molecule has 1 atom stereocenters. The normalized spacial score (nSPS) is 14.5. The Labute approximate surface area is 248 Å². The van der Waals surface area contributed by atoms with Gasteiger partial charge in [0, 0.05) is 12.2 Å². The predicted molar refractivity (Wildman–Crippen MR) is 158 cm³/mol. The van der Waals surface area contributed by atoms with Crippen molar-refractivity contribution in [2.75, 3.05) is 13.1 Å². The van der Waals surface area contributed by atoms with Gasteiger partial charge in [-0.2, -0.15) is 9.61 Å². The summed E-state index contributed by atoms with van der Waals surface area (Å²) in [5.74, 6) is -0.872. The molecule has 222 valence electrons. The summed E-state index contributed by atoms with van der Waals surface area (Å²) in [6, 6.07) is 13.8. The number of benzene rings is 2. The maximum atomic E-state index is 14.4. The number of nitrogens with zero attached hydrogens (tertiary/aromatic N) is 4. The summed E-state index contributed by atoms with van der Waals surface area (Å²) >= 11 is 6.59. The van der Waals surface area contributed by atoms with Crippen molar-refractivity contribution in [3.63, 3.8) is 0 Å². The Bertz CT molecular complexity index is 1840. The zero-order chi connectivity index (χ0) is 30.3. The first kappa shape index (κ1) is 29.6. The topological polar surface area (TPSA) is 138 Å². The molecule has 0 saturated heterocycles. The minimum atomic E-state index is -4.35. The van der Waals surface area contributed by atoms with E-state index < -0.39 is 28.0 Å². The van der Waals surface area contributed by atoms with Crippen molar-refractivity contribution in [1.29, 1.82) is 0 Å². The number of amides is 1. The second kappa shape index (κ2) is 11.4. The van der Waals surface area contributed by atoms with Gasteiger partial charge in [-0.3, -0.25) is 9.36 Å². The summed E-state index contributed by atoms with van der Waals surface area (Å²) in [6.07, 6.45) is 0.455. The molecule has 0 spiro atoms. The SMILES string of the molecule is Cc1ccc(C(=O)N(CCCN)[C@H](c2cc3c(Cl)c(C)nn3c(=O)n2Cc2ccccc2)C(C)C)c2c1OS(=O)(=O)O2. The van der Waals surface area contributed by atoms with Crippen molar-refractivity contribution in [3.05, 3.63) is 92.1 Å². The molecule has 0 fully saturated rings. The molecular formula is C29H32ClN5O6S. The monoisotopic (exact) mass is 613 g/mol. The smallest absolute Gasteiger partial charge is 0.348 e. The zero-order valence-corrected chi connectivity index (χ0v) is 25.3. The number of carbonyl (C=O) groups is 1. The molecule has 2 N–H and O–H groups in total. The van der Waals surface area contributed by atoms with Crippen LogP contribution in [0, 0.1) is 19.8 Å². The van der Waals surface area contributed by atoms with Crippen molar-refractivity contribution < 1.29 is 21.6 Å². The van der Waals surface area contributed by atoms with Gasteiger partial charge in [0.15, 0.2) is 5.75 Å². The van der Waals surface area contributed by atoms with Gasteiger partial charge in [0.25, 0.3) is 5.91 Å². The molecule has 42 heavy (non-hydrogen) atoms. The van der Waals surface area contributed by atoms with Crippen LogP contribution < -0.4 is 19.8 Å². The number of aromatic nitrogens is 3. The third-order valence-electron chi connectivity index (χ3n) is 7.26. The lowest BCUT2D eigenvalue weighted by molar-refractivity contribution is 0.0607. The molecule has 2 aromatic carbocycles. The molecule has 4 aromatic rings. The molecule has 5 rings (SSSR count).